The van der Waals surface area contributed by atoms with E-state index in [4.69, 9.17) is 23.2 Å². The van der Waals surface area contributed by atoms with Crippen molar-refractivity contribution in [3.8, 4) is 0 Å². The number of carbonyl (C=O) groups excluding carboxylic acids is 2. The lowest BCUT2D eigenvalue weighted by Gasteiger charge is -2.30. The Balaban J connectivity index is 1.81. The van der Waals surface area contributed by atoms with Crippen molar-refractivity contribution in [2.24, 2.45) is 0 Å². The van der Waals surface area contributed by atoms with Gasteiger partial charge >= 0.3 is 0 Å². The minimum absolute atomic E-state index is 0.102. The first-order valence-electron chi connectivity index (χ1n) is 9.56. The van der Waals surface area contributed by atoms with Crippen LogP contribution in [0.5, 0.6) is 0 Å². The van der Waals surface area contributed by atoms with E-state index in [0.717, 1.165) is 31.5 Å². The van der Waals surface area contributed by atoms with Crippen LogP contribution in [0.25, 0.3) is 0 Å². The monoisotopic (exact) mass is 418 g/mol. The van der Waals surface area contributed by atoms with Crippen LogP contribution in [0.4, 0.5) is 0 Å². The van der Waals surface area contributed by atoms with E-state index in [1.807, 2.05) is 42.2 Å². The molecule has 28 heavy (non-hydrogen) atoms. The summed E-state index contributed by atoms with van der Waals surface area (Å²) in [7, 11) is 0. The van der Waals surface area contributed by atoms with Gasteiger partial charge in [0, 0.05) is 31.6 Å². The first-order valence-corrected chi connectivity index (χ1v) is 10.3. The van der Waals surface area contributed by atoms with Crippen LogP contribution >= 0.6 is 23.2 Å². The molecule has 1 saturated heterocycles. The van der Waals surface area contributed by atoms with Crippen LogP contribution in [0.15, 0.2) is 48.5 Å². The van der Waals surface area contributed by atoms with Crippen LogP contribution in [0.3, 0.4) is 0 Å². The highest BCUT2D eigenvalue weighted by atomic mass is 35.5. The Labute approximate surface area is 176 Å². The summed E-state index contributed by atoms with van der Waals surface area (Å²) in [5.41, 5.74) is 1.48. The van der Waals surface area contributed by atoms with Gasteiger partial charge in [-0.3, -0.25) is 9.59 Å². The van der Waals surface area contributed by atoms with Gasteiger partial charge < -0.3 is 9.80 Å². The Bertz CT molecular complexity index is 836. The summed E-state index contributed by atoms with van der Waals surface area (Å²) >= 11 is 12.1. The van der Waals surface area contributed by atoms with Crippen molar-refractivity contribution in [2.45, 2.75) is 32.2 Å². The molecule has 2 aromatic rings. The van der Waals surface area contributed by atoms with Crippen molar-refractivity contribution < 1.29 is 9.59 Å². The van der Waals surface area contributed by atoms with Gasteiger partial charge in [-0.15, -0.1) is 0 Å². The highest BCUT2D eigenvalue weighted by Crippen LogP contribution is 2.27. The molecule has 1 unspecified atom stereocenters. The van der Waals surface area contributed by atoms with Crippen molar-refractivity contribution in [2.75, 3.05) is 19.6 Å². The van der Waals surface area contributed by atoms with Gasteiger partial charge in [0.1, 0.15) is 0 Å². The molecule has 2 aromatic carbocycles. The zero-order valence-electron chi connectivity index (χ0n) is 15.9. The molecular weight excluding hydrogens is 395 g/mol. The third-order valence-corrected chi connectivity index (χ3v) is 5.94. The van der Waals surface area contributed by atoms with Crippen molar-refractivity contribution in [1.29, 1.82) is 0 Å². The second kappa shape index (κ2) is 9.44. The number of benzene rings is 2. The molecule has 1 fully saturated rings. The van der Waals surface area contributed by atoms with Crippen LogP contribution in [0.2, 0.25) is 10.0 Å². The molecule has 0 saturated carbocycles. The Hall–Kier alpha value is -2.04. The zero-order chi connectivity index (χ0) is 20.1. The van der Waals surface area contributed by atoms with E-state index in [-0.39, 0.29) is 17.9 Å². The van der Waals surface area contributed by atoms with Gasteiger partial charge in [0.25, 0.3) is 5.91 Å². The van der Waals surface area contributed by atoms with Crippen molar-refractivity contribution in [1.82, 2.24) is 9.80 Å². The minimum Gasteiger partial charge on any atom is -0.343 e. The lowest BCUT2D eigenvalue weighted by atomic mass is 10.0. The second-order valence-corrected chi connectivity index (χ2v) is 7.87. The summed E-state index contributed by atoms with van der Waals surface area (Å²) in [5.74, 6) is -0.0613. The number of hydrogen-bond donors (Lipinski definition) is 0. The van der Waals surface area contributed by atoms with Crippen LogP contribution in [-0.2, 0) is 4.79 Å². The van der Waals surface area contributed by atoms with E-state index < -0.39 is 0 Å². The molecule has 2 amide bonds. The molecule has 0 aliphatic carbocycles. The maximum Gasteiger partial charge on any atom is 0.254 e. The molecule has 0 spiro atoms. The molecule has 1 aliphatic heterocycles. The largest absolute Gasteiger partial charge is 0.343 e. The molecule has 4 nitrogen and oxygen atoms in total. The average molecular weight is 419 g/mol. The predicted molar refractivity (Wildman–Crippen MR) is 113 cm³/mol. The van der Waals surface area contributed by atoms with Crippen LogP contribution < -0.4 is 0 Å². The third-order valence-electron chi connectivity index (χ3n) is 5.20. The Kier molecular flexibility index (Phi) is 6.97. The molecule has 1 heterocycles. The summed E-state index contributed by atoms with van der Waals surface area (Å²) in [4.78, 5) is 29.4. The van der Waals surface area contributed by atoms with Gasteiger partial charge in [-0.1, -0.05) is 53.5 Å². The number of hydrogen-bond acceptors (Lipinski definition) is 2. The lowest BCUT2D eigenvalue weighted by Crippen LogP contribution is -2.37. The zero-order valence-corrected chi connectivity index (χ0v) is 17.4. The van der Waals surface area contributed by atoms with Crippen LogP contribution in [0, 0.1) is 0 Å². The van der Waals surface area contributed by atoms with Gasteiger partial charge in [-0.05, 0) is 43.5 Å². The topological polar surface area (TPSA) is 40.6 Å². The molecule has 0 N–H and O–H groups in total. The maximum atomic E-state index is 13.3. The summed E-state index contributed by atoms with van der Waals surface area (Å²) in [6, 6.07) is 14.5. The first kappa shape index (κ1) is 20.7. The number of carbonyl (C=O) groups is 2. The van der Waals surface area contributed by atoms with E-state index in [1.54, 1.807) is 23.1 Å². The van der Waals surface area contributed by atoms with Crippen LogP contribution in [-0.4, -0.2) is 41.2 Å². The van der Waals surface area contributed by atoms with Gasteiger partial charge in [0.2, 0.25) is 5.91 Å². The lowest BCUT2D eigenvalue weighted by molar-refractivity contribution is -0.130. The summed E-state index contributed by atoms with van der Waals surface area (Å²) in [6.07, 6.45) is 2.42. The molecule has 6 heteroatoms. The fourth-order valence-corrected chi connectivity index (χ4v) is 3.82. The summed E-state index contributed by atoms with van der Waals surface area (Å²) in [5, 5.41) is 0.748. The number of rotatable bonds is 6. The SMILES string of the molecule is CC(c1ccccc1)N(CCC(=O)N1CCCC1)C(=O)c1ccc(Cl)c(Cl)c1. The predicted octanol–water partition coefficient (Wildman–Crippen LogP) is 5.21. The number of halogens is 2. The standard InChI is InChI=1S/C22H24Cl2N2O2/c1-16(17-7-3-2-4-8-17)26(14-11-21(27)25-12-5-6-13-25)22(28)18-9-10-19(23)20(24)15-18/h2-4,7-10,15-16H,5-6,11-14H2,1H3. The van der Waals surface area contributed by atoms with Crippen molar-refractivity contribution >= 4 is 35.0 Å². The average Bonchev–Trinajstić information content (AvgIpc) is 3.25. The highest BCUT2D eigenvalue weighted by molar-refractivity contribution is 6.42. The smallest absolute Gasteiger partial charge is 0.254 e. The molecule has 1 atom stereocenters. The molecule has 3 rings (SSSR count). The van der Waals surface area contributed by atoms with E-state index in [9.17, 15) is 9.59 Å². The third kappa shape index (κ3) is 4.86. The van der Waals surface area contributed by atoms with Gasteiger partial charge in [-0.2, -0.15) is 0 Å². The molecule has 148 valence electrons. The summed E-state index contributed by atoms with van der Waals surface area (Å²) in [6.45, 7) is 3.96. The maximum absolute atomic E-state index is 13.3. The van der Waals surface area contributed by atoms with Gasteiger partial charge in [0.15, 0.2) is 0 Å². The van der Waals surface area contributed by atoms with E-state index in [1.165, 1.54) is 0 Å². The van der Waals surface area contributed by atoms with Crippen molar-refractivity contribution in [3.05, 3.63) is 69.7 Å². The van der Waals surface area contributed by atoms with E-state index >= 15 is 0 Å². The van der Waals surface area contributed by atoms with Gasteiger partial charge in [-0.25, -0.2) is 0 Å². The second-order valence-electron chi connectivity index (χ2n) is 7.05. The van der Waals surface area contributed by atoms with E-state index in [2.05, 4.69) is 0 Å². The summed E-state index contributed by atoms with van der Waals surface area (Å²) < 4.78 is 0. The van der Waals surface area contributed by atoms with Crippen molar-refractivity contribution in [3.63, 3.8) is 0 Å². The quantitative estimate of drug-likeness (QED) is 0.645. The fourth-order valence-electron chi connectivity index (χ4n) is 3.52. The molecule has 0 bridgehead atoms. The Morgan fingerprint density at radius 3 is 2.36 bits per heavy atom. The molecule has 1 aliphatic rings. The minimum atomic E-state index is -0.172. The number of amides is 2. The first-order chi connectivity index (χ1) is 13.5. The molecule has 0 radical (unpaired) electrons. The van der Waals surface area contributed by atoms with Crippen LogP contribution in [0.1, 0.15) is 48.1 Å². The Morgan fingerprint density at radius 1 is 1.04 bits per heavy atom. The number of nitrogens with zero attached hydrogens (tertiary/aromatic N) is 2. The normalized spacial score (nSPS) is 14.8. The molecular formula is C22H24Cl2N2O2. The Morgan fingerprint density at radius 2 is 1.71 bits per heavy atom. The highest BCUT2D eigenvalue weighted by Gasteiger charge is 2.25. The molecule has 0 aromatic heterocycles. The van der Waals surface area contributed by atoms with Gasteiger partial charge in [0.05, 0.1) is 16.1 Å². The fraction of sp³-hybridized carbons (Fsp3) is 0.364. The van der Waals surface area contributed by atoms with E-state index in [0.29, 0.717) is 28.6 Å². The number of likely N-dealkylation sites (tertiary alicyclic amines) is 1.